The van der Waals surface area contributed by atoms with Gasteiger partial charge in [0.25, 0.3) is 0 Å². The second-order valence-electron chi connectivity index (χ2n) is 4.74. The molecule has 2 aliphatic carbocycles. The van der Waals surface area contributed by atoms with Gasteiger partial charge in [0.2, 0.25) is 0 Å². The number of rotatable bonds is 2. The van der Waals surface area contributed by atoms with E-state index in [0.717, 1.165) is 24.3 Å². The molecule has 0 bridgehead atoms. The summed E-state index contributed by atoms with van der Waals surface area (Å²) >= 11 is 0. The molecule has 0 amide bonds. The highest BCUT2D eigenvalue weighted by molar-refractivity contribution is 5.36. The Bertz CT molecular complexity index is 345. The zero-order valence-electron chi connectivity index (χ0n) is 8.45. The van der Waals surface area contributed by atoms with E-state index in [9.17, 15) is 0 Å². The predicted octanol–water partition coefficient (Wildman–Crippen LogP) is 2.31. The van der Waals surface area contributed by atoms with Crippen molar-refractivity contribution in [1.82, 2.24) is 0 Å². The van der Waals surface area contributed by atoms with Gasteiger partial charge in [0, 0.05) is 0 Å². The predicted molar refractivity (Wildman–Crippen MR) is 58.2 cm³/mol. The van der Waals surface area contributed by atoms with Crippen LogP contribution in [-0.2, 0) is 6.42 Å². The Morgan fingerprint density at radius 3 is 2.93 bits per heavy atom. The van der Waals surface area contributed by atoms with Crippen LogP contribution in [0.1, 0.15) is 29.9 Å². The lowest BCUT2D eigenvalue weighted by molar-refractivity contribution is 0.556. The zero-order valence-corrected chi connectivity index (χ0v) is 8.45. The van der Waals surface area contributed by atoms with E-state index in [1.165, 1.54) is 19.3 Å². The largest absolute Gasteiger partial charge is 0.330 e. The Balaban J connectivity index is 1.85. The average molecular weight is 187 g/mol. The van der Waals surface area contributed by atoms with E-state index >= 15 is 0 Å². The first-order valence-corrected chi connectivity index (χ1v) is 5.68. The lowest BCUT2D eigenvalue weighted by atomic mass is 9.95. The van der Waals surface area contributed by atoms with Crippen molar-refractivity contribution in [3.63, 3.8) is 0 Å². The van der Waals surface area contributed by atoms with Crippen LogP contribution in [-0.4, -0.2) is 6.54 Å². The summed E-state index contributed by atoms with van der Waals surface area (Å²) in [6.07, 6.45) is 4.02. The maximum atomic E-state index is 5.71. The fraction of sp³-hybridized carbons (Fsp3) is 0.538. The molecule has 2 aliphatic rings. The monoisotopic (exact) mass is 187 g/mol. The normalized spacial score (nSPS) is 34.2. The Morgan fingerprint density at radius 2 is 2.14 bits per heavy atom. The van der Waals surface area contributed by atoms with Gasteiger partial charge in [-0.15, -0.1) is 0 Å². The molecular weight excluding hydrogens is 170 g/mol. The molecule has 0 saturated heterocycles. The molecule has 1 aromatic rings. The van der Waals surface area contributed by atoms with Crippen LogP contribution >= 0.6 is 0 Å². The number of aryl methyl sites for hydroxylation is 1. The second kappa shape index (κ2) is 3.09. The molecule has 0 radical (unpaired) electrons. The molecule has 1 nitrogen and oxygen atoms in total. The summed E-state index contributed by atoms with van der Waals surface area (Å²) in [6.45, 7) is 0.892. The highest BCUT2D eigenvalue weighted by Gasteiger charge is 2.44. The van der Waals surface area contributed by atoms with Gasteiger partial charge in [0.15, 0.2) is 0 Å². The summed E-state index contributed by atoms with van der Waals surface area (Å²) < 4.78 is 0. The minimum atomic E-state index is 0.825. The lowest BCUT2D eigenvalue weighted by Crippen LogP contribution is -2.06. The van der Waals surface area contributed by atoms with Gasteiger partial charge in [0.1, 0.15) is 0 Å². The molecule has 1 unspecified atom stereocenters. The molecule has 2 N–H and O–H groups in total. The van der Waals surface area contributed by atoms with Crippen LogP contribution in [0, 0.1) is 11.8 Å². The van der Waals surface area contributed by atoms with Gasteiger partial charge < -0.3 is 5.73 Å². The van der Waals surface area contributed by atoms with Gasteiger partial charge in [-0.05, 0) is 54.7 Å². The van der Waals surface area contributed by atoms with E-state index in [4.69, 9.17) is 5.73 Å². The van der Waals surface area contributed by atoms with Gasteiger partial charge in [-0.2, -0.15) is 0 Å². The highest BCUT2D eigenvalue weighted by atomic mass is 14.6. The lowest BCUT2D eigenvalue weighted by Gasteiger charge is -2.10. The highest BCUT2D eigenvalue weighted by Crippen LogP contribution is 2.52. The van der Waals surface area contributed by atoms with Crippen LogP contribution in [0.4, 0.5) is 0 Å². The van der Waals surface area contributed by atoms with E-state index in [1.54, 1.807) is 11.1 Å². The Morgan fingerprint density at radius 1 is 1.29 bits per heavy atom. The molecule has 1 saturated carbocycles. The molecule has 0 heterocycles. The first kappa shape index (κ1) is 8.49. The average Bonchev–Trinajstić information content (AvgIpc) is 2.90. The second-order valence-corrected chi connectivity index (χ2v) is 4.74. The molecule has 3 atom stereocenters. The van der Waals surface area contributed by atoms with E-state index in [-0.39, 0.29) is 0 Å². The van der Waals surface area contributed by atoms with Crippen LogP contribution in [0.25, 0.3) is 0 Å². The quantitative estimate of drug-likeness (QED) is 0.755. The van der Waals surface area contributed by atoms with Crippen LogP contribution in [0.15, 0.2) is 24.3 Å². The summed E-state index contributed by atoms with van der Waals surface area (Å²) in [6, 6.07) is 8.94. The molecular formula is C13H17N. The third-order valence-electron chi connectivity index (χ3n) is 3.98. The van der Waals surface area contributed by atoms with Gasteiger partial charge in [-0.25, -0.2) is 0 Å². The maximum absolute atomic E-state index is 5.71. The third kappa shape index (κ3) is 1.19. The van der Waals surface area contributed by atoms with E-state index in [0.29, 0.717) is 0 Å². The summed E-state index contributed by atoms with van der Waals surface area (Å²) in [7, 11) is 0. The summed E-state index contributed by atoms with van der Waals surface area (Å²) in [5, 5.41) is 0. The van der Waals surface area contributed by atoms with Crippen molar-refractivity contribution in [3.8, 4) is 0 Å². The molecule has 3 rings (SSSR count). The molecule has 0 spiro atoms. The SMILES string of the molecule is NC[C@@H]1C[C@H]1C1CCc2ccccc21. The van der Waals surface area contributed by atoms with Crippen molar-refractivity contribution in [2.45, 2.75) is 25.2 Å². The molecule has 74 valence electrons. The van der Waals surface area contributed by atoms with Crippen molar-refractivity contribution in [2.24, 2.45) is 17.6 Å². The summed E-state index contributed by atoms with van der Waals surface area (Å²) in [5.74, 6) is 2.56. The minimum absolute atomic E-state index is 0.825. The van der Waals surface area contributed by atoms with E-state index in [2.05, 4.69) is 24.3 Å². The van der Waals surface area contributed by atoms with Crippen molar-refractivity contribution in [1.29, 1.82) is 0 Å². The standard InChI is InChI=1S/C13H17N/c14-8-10-7-13(10)12-6-5-9-3-1-2-4-11(9)12/h1-4,10,12-13H,5-8,14H2/t10-,12?,13+/m0/s1. The first-order chi connectivity index (χ1) is 6.90. The van der Waals surface area contributed by atoms with Crippen molar-refractivity contribution in [2.75, 3.05) is 6.54 Å². The summed E-state index contributed by atoms with van der Waals surface area (Å²) in [4.78, 5) is 0. The third-order valence-corrected chi connectivity index (χ3v) is 3.98. The zero-order chi connectivity index (χ0) is 9.54. The van der Waals surface area contributed by atoms with Gasteiger partial charge in [-0.1, -0.05) is 24.3 Å². The molecule has 0 aliphatic heterocycles. The number of benzene rings is 1. The van der Waals surface area contributed by atoms with Gasteiger partial charge >= 0.3 is 0 Å². The number of fused-ring (bicyclic) bond motifs is 1. The molecule has 1 fully saturated rings. The van der Waals surface area contributed by atoms with Crippen molar-refractivity contribution in [3.05, 3.63) is 35.4 Å². The molecule has 14 heavy (non-hydrogen) atoms. The van der Waals surface area contributed by atoms with E-state index in [1.807, 2.05) is 0 Å². The fourth-order valence-electron chi connectivity index (χ4n) is 3.07. The maximum Gasteiger partial charge on any atom is -0.00459 e. The van der Waals surface area contributed by atoms with E-state index < -0.39 is 0 Å². The minimum Gasteiger partial charge on any atom is -0.330 e. The van der Waals surface area contributed by atoms with Gasteiger partial charge in [-0.3, -0.25) is 0 Å². The number of hydrogen-bond acceptors (Lipinski definition) is 1. The summed E-state index contributed by atoms with van der Waals surface area (Å²) in [5.41, 5.74) is 8.91. The Labute approximate surface area is 85.3 Å². The first-order valence-electron chi connectivity index (χ1n) is 5.68. The smallest absolute Gasteiger partial charge is 0.00459 e. The molecule has 1 heteroatoms. The topological polar surface area (TPSA) is 26.0 Å². The van der Waals surface area contributed by atoms with Crippen molar-refractivity contribution >= 4 is 0 Å². The Kier molecular flexibility index (Phi) is 1.88. The van der Waals surface area contributed by atoms with Crippen LogP contribution in [0.2, 0.25) is 0 Å². The number of nitrogens with two attached hydrogens (primary N) is 1. The van der Waals surface area contributed by atoms with Crippen LogP contribution in [0.5, 0.6) is 0 Å². The fourth-order valence-corrected chi connectivity index (χ4v) is 3.07. The van der Waals surface area contributed by atoms with Crippen molar-refractivity contribution < 1.29 is 0 Å². The molecule has 0 aromatic heterocycles. The molecule has 1 aromatic carbocycles. The van der Waals surface area contributed by atoms with Gasteiger partial charge in [0.05, 0.1) is 0 Å². The Hall–Kier alpha value is -0.820. The number of hydrogen-bond donors (Lipinski definition) is 1. The van der Waals surface area contributed by atoms with Crippen LogP contribution < -0.4 is 5.73 Å². The van der Waals surface area contributed by atoms with Crippen LogP contribution in [0.3, 0.4) is 0 Å².